The lowest BCUT2D eigenvalue weighted by atomic mass is 9.95. The number of hydrogen-bond donors (Lipinski definition) is 1. The monoisotopic (exact) mass is 311 g/mol. The van der Waals surface area contributed by atoms with Gasteiger partial charge in [-0.2, -0.15) is 0 Å². The van der Waals surface area contributed by atoms with E-state index in [0.717, 1.165) is 24.2 Å². The molecule has 2 aromatic carbocycles. The van der Waals surface area contributed by atoms with Gasteiger partial charge in [-0.25, -0.2) is 0 Å². The zero-order valence-corrected chi connectivity index (χ0v) is 13.2. The summed E-state index contributed by atoms with van der Waals surface area (Å²) in [5, 5.41) is 11.1. The van der Waals surface area contributed by atoms with E-state index in [4.69, 9.17) is 5.73 Å². The van der Waals surface area contributed by atoms with Crippen molar-refractivity contribution in [3.8, 4) is 0 Å². The molecule has 0 spiro atoms. The lowest BCUT2D eigenvalue weighted by Gasteiger charge is -2.17. The van der Waals surface area contributed by atoms with Gasteiger partial charge in [0.25, 0.3) is 5.69 Å². The summed E-state index contributed by atoms with van der Waals surface area (Å²) in [4.78, 5) is 13.0. The van der Waals surface area contributed by atoms with Crippen LogP contribution in [-0.4, -0.2) is 29.0 Å². The van der Waals surface area contributed by atoms with Gasteiger partial charge in [0.2, 0.25) is 0 Å². The Morgan fingerprint density at radius 1 is 1.17 bits per heavy atom. The average Bonchev–Trinajstić information content (AvgIpc) is 2.90. The van der Waals surface area contributed by atoms with Crippen molar-refractivity contribution in [1.29, 1.82) is 0 Å². The molecule has 0 amide bonds. The molecule has 2 N–H and O–H groups in total. The van der Waals surface area contributed by atoms with Gasteiger partial charge in [-0.3, -0.25) is 15.0 Å². The molecule has 23 heavy (non-hydrogen) atoms. The van der Waals surface area contributed by atoms with Crippen LogP contribution in [0.5, 0.6) is 0 Å². The molecule has 0 radical (unpaired) electrons. The average molecular weight is 311 g/mol. The van der Waals surface area contributed by atoms with Gasteiger partial charge in [0.15, 0.2) is 0 Å². The number of nitrogens with zero attached hydrogens (tertiary/aromatic N) is 2. The second kappa shape index (κ2) is 6.48. The molecule has 3 rings (SSSR count). The molecule has 2 atom stereocenters. The Morgan fingerprint density at radius 2 is 1.91 bits per heavy atom. The number of hydrogen-bond acceptors (Lipinski definition) is 4. The highest BCUT2D eigenvalue weighted by Crippen LogP contribution is 2.29. The molecule has 1 heterocycles. The standard InChI is InChI=1S/C18H21N3O2/c1-13-15(8-5-9-18(13)21(22)23)10-20-11-16(17(19)12-20)14-6-3-2-4-7-14/h2-9,16-17H,10-12,19H2,1H3/t16-,17+/m0/s1. The largest absolute Gasteiger partial charge is 0.326 e. The maximum absolute atomic E-state index is 11.1. The first-order chi connectivity index (χ1) is 11.1. The predicted octanol–water partition coefficient (Wildman–Crippen LogP) is 2.83. The summed E-state index contributed by atoms with van der Waals surface area (Å²) in [6.07, 6.45) is 0. The van der Waals surface area contributed by atoms with Gasteiger partial charge in [-0.05, 0) is 18.1 Å². The Bertz CT molecular complexity index is 703. The van der Waals surface area contributed by atoms with Crippen LogP contribution in [0.25, 0.3) is 0 Å². The highest BCUT2D eigenvalue weighted by Gasteiger charge is 2.31. The number of nitro benzene ring substituents is 1. The molecule has 1 aliphatic rings. The summed E-state index contributed by atoms with van der Waals surface area (Å²) in [6.45, 7) is 4.21. The number of rotatable bonds is 4. The first kappa shape index (κ1) is 15.6. The number of benzene rings is 2. The second-order valence-corrected chi connectivity index (χ2v) is 6.19. The van der Waals surface area contributed by atoms with Crippen molar-refractivity contribution < 1.29 is 4.92 Å². The molecule has 5 heteroatoms. The summed E-state index contributed by atoms with van der Waals surface area (Å²) >= 11 is 0. The normalized spacial score (nSPS) is 21.5. The van der Waals surface area contributed by atoms with Crippen LogP contribution in [0.15, 0.2) is 48.5 Å². The zero-order valence-electron chi connectivity index (χ0n) is 13.2. The van der Waals surface area contributed by atoms with Gasteiger partial charge in [-0.1, -0.05) is 42.5 Å². The van der Waals surface area contributed by atoms with Crippen molar-refractivity contribution in [1.82, 2.24) is 4.90 Å². The number of nitrogens with two attached hydrogens (primary N) is 1. The molecule has 1 fully saturated rings. The van der Waals surface area contributed by atoms with Crippen molar-refractivity contribution >= 4 is 5.69 Å². The smallest absolute Gasteiger partial charge is 0.272 e. The molecule has 0 aromatic heterocycles. The van der Waals surface area contributed by atoms with E-state index in [1.807, 2.05) is 31.2 Å². The molecule has 0 unspecified atom stereocenters. The van der Waals surface area contributed by atoms with E-state index in [0.29, 0.717) is 12.5 Å². The van der Waals surface area contributed by atoms with E-state index in [9.17, 15) is 10.1 Å². The molecular formula is C18H21N3O2. The van der Waals surface area contributed by atoms with Crippen molar-refractivity contribution in [2.24, 2.45) is 5.73 Å². The first-order valence-corrected chi connectivity index (χ1v) is 7.82. The molecule has 1 aliphatic heterocycles. The Morgan fingerprint density at radius 3 is 2.61 bits per heavy atom. The van der Waals surface area contributed by atoms with Crippen LogP contribution in [0.4, 0.5) is 5.69 Å². The third-order valence-corrected chi connectivity index (χ3v) is 4.68. The molecule has 120 valence electrons. The Labute approximate surface area is 135 Å². The minimum atomic E-state index is -0.318. The van der Waals surface area contributed by atoms with Crippen LogP contribution in [-0.2, 0) is 6.54 Å². The lowest BCUT2D eigenvalue weighted by molar-refractivity contribution is -0.385. The highest BCUT2D eigenvalue weighted by atomic mass is 16.6. The Hall–Kier alpha value is -2.24. The molecule has 5 nitrogen and oxygen atoms in total. The van der Waals surface area contributed by atoms with Gasteiger partial charge in [-0.15, -0.1) is 0 Å². The van der Waals surface area contributed by atoms with E-state index in [1.54, 1.807) is 12.1 Å². The Kier molecular flexibility index (Phi) is 4.41. The third-order valence-electron chi connectivity index (χ3n) is 4.68. The topological polar surface area (TPSA) is 72.4 Å². The van der Waals surface area contributed by atoms with Gasteiger partial charge in [0, 0.05) is 43.2 Å². The minimum absolute atomic E-state index is 0.0939. The van der Waals surface area contributed by atoms with Crippen LogP contribution in [0, 0.1) is 17.0 Å². The third kappa shape index (κ3) is 3.25. The quantitative estimate of drug-likeness (QED) is 0.696. The minimum Gasteiger partial charge on any atom is -0.326 e. The van der Waals surface area contributed by atoms with Gasteiger partial charge < -0.3 is 5.73 Å². The van der Waals surface area contributed by atoms with E-state index < -0.39 is 0 Å². The molecule has 0 saturated carbocycles. The van der Waals surface area contributed by atoms with Crippen LogP contribution >= 0.6 is 0 Å². The summed E-state index contributed by atoms with van der Waals surface area (Å²) in [5.41, 5.74) is 9.51. The lowest BCUT2D eigenvalue weighted by Crippen LogP contribution is -2.28. The summed E-state index contributed by atoms with van der Waals surface area (Å²) in [6, 6.07) is 15.7. The van der Waals surface area contributed by atoms with E-state index >= 15 is 0 Å². The van der Waals surface area contributed by atoms with Crippen LogP contribution < -0.4 is 5.73 Å². The van der Waals surface area contributed by atoms with E-state index in [1.165, 1.54) is 5.56 Å². The maximum atomic E-state index is 11.1. The van der Waals surface area contributed by atoms with Crippen LogP contribution in [0.3, 0.4) is 0 Å². The van der Waals surface area contributed by atoms with Crippen LogP contribution in [0.2, 0.25) is 0 Å². The maximum Gasteiger partial charge on any atom is 0.272 e. The van der Waals surface area contributed by atoms with Crippen molar-refractivity contribution in [3.63, 3.8) is 0 Å². The van der Waals surface area contributed by atoms with Crippen molar-refractivity contribution in [2.75, 3.05) is 13.1 Å². The summed E-state index contributed by atoms with van der Waals surface area (Å²) < 4.78 is 0. The van der Waals surface area contributed by atoms with Gasteiger partial charge in [0.1, 0.15) is 0 Å². The predicted molar refractivity (Wildman–Crippen MR) is 90.3 cm³/mol. The summed E-state index contributed by atoms with van der Waals surface area (Å²) in [7, 11) is 0. The Balaban J connectivity index is 1.75. The molecule has 0 bridgehead atoms. The SMILES string of the molecule is Cc1c(CN2C[C@@H](N)[C@H](c3ccccc3)C2)cccc1[N+](=O)[O-]. The zero-order chi connectivity index (χ0) is 16.4. The number of likely N-dealkylation sites (tertiary alicyclic amines) is 1. The molecule has 2 aromatic rings. The van der Waals surface area contributed by atoms with E-state index in [-0.39, 0.29) is 16.7 Å². The second-order valence-electron chi connectivity index (χ2n) is 6.19. The fourth-order valence-electron chi connectivity index (χ4n) is 3.38. The fraction of sp³-hybridized carbons (Fsp3) is 0.333. The summed E-state index contributed by atoms with van der Waals surface area (Å²) in [5.74, 6) is 0.315. The number of nitro groups is 1. The first-order valence-electron chi connectivity index (χ1n) is 7.82. The van der Waals surface area contributed by atoms with Crippen molar-refractivity contribution in [3.05, 3.63) is 75.3 Å². The van der Waals surface area contributed by atoms with Crippen molar-refractivity contribution in [2.45, 2.75) is 25.4 Å². The highest BCUT2D eigenvalue weighted by molar-refractivity contribution is 5.44. The van der Waals surface area contributed by atoms with Gasteiger partial charge >= 0.3 is 0 Å². The van der Waals surface area contributed by atoms with Crippen LogP contribution in [0.1, 0.15) is 22.6 Å². The van der Waals surface area contributed by atoms with Gasteiger partial charge in [0.05, 0.1) is 4.92 Å². The fourth-order valence-corrected chi connectivity index (χ4v) is 3.38. The molecule has 1 saturated heterocycles. The molecular weight excluding hydrogens is 290 g/mol. The van der Waals surface area contributed by atoms with E-state index in [2.05, 4.69) is 17.0 Å². The molecule has 0 aliphatic carbocycles.